The Balaban J connectivity index is 2.49. The third-order valence-corrected chi connectivity index (χ3v) is 5.25. The minimum Gasteiger partial charge on any atom is -0.306 e. The van der Waals surface area contributed by atoms with Gasteiger partial charge in [-0.05, 0) is 46.2 Å². The fourth-order valence-corrected chi connectivity index (χ4v) is 3.96. The highest BCUT2D eigenvalue weighted by Crippen LogP contribution is 2.25. The van der Waals surface area contributed by atoms with Gasteiger partial charge in [0, 0.05) is 12.5 Å². The van der Waals surface area contributed by atoms with Crippen molar-refractivity contribution in [2.45, 2.75) is 38.6 Å². The number of carbonyl (C=O) groups is 1. The minimum atomic E-state index is -2.78. The normalized spacial score (nSPS) is 22.6. The lowest BCUT2D eigenvalue weighted by Crippen LogP contribution is -2.34. The van der Waals surface area contributed by atoms with Crippen LogP contribution in [0.15, 0.2) is 0 Å². The lowest BCUT2D eigenvalue weighted by Gasteiger charge is -2.30. The van der Waals surface area contributed by atoms with Crippen molar-refractivity contribution in [1.29, 1.82) is 0 Å². The Morgan fingerprint density at radius 3 is 2.24 bits per heavy atom. The molecule has 1 aliphatic heterocycles. The first-order valence-corrected chi connectivity index (χ1v) is 7.98. The Kier molecular flexibility index (Phi) is 5.13. The Morgan fingerprint density at radius 2 is 1.82 bits per heavy atom. The predicted molar refractivity (Wildman–Crippen MR) is 68.8 cm³/mol. The van der Waals surface area contributed by atoms with Crippen molar-refractivity contribution in [2.24, 2.45) is 5.92 Å². The topological polar surface area (TPSA) is 54.5 Å². The molecule has 0 radical (unpaired) electrons. The summed E-state index contributed by atoms with van der Waals surface area (Å²) in [4.78, 5) is 13.3. The zero-order valence-corrected chi connectivity index (χ0v) is 11.8. The van der Waals surface area contributed by atoms with Crippen LogP contribution in [0.25, 0.3) is 0 Å². The molecule has 0 saturated carbocycles. The molecule has 0 N–H and O–H groups in total. The van der Waals surface area contributed by atoms with Gasteiger partial charge in [-0.25, -0.2) is 8.42 Å². The average molecular weight is 261 g/mol. The SMILES string of the molecule is CC(=O)CC(CC1CCS(=O)(=O)CC1)N(C)C. The largest absolute Gasteiger partial charge is 0.306 e. The molecular formula is C12H23NO3S. The molecule has 4 nitrogen and oxygen atoms in total. The van der Waals surface area contributed by atoms with E-state index in [1.54, 1.807) is 6.92 Å². The summed E-state index contributed by atoms with van der Waals surface area (Å²) in [7, 11) is 1.18. The Labute approximate surface area is 104 Å². The molecule has 1 fully saturated rings. The molecule has 0 aromatic heterocycles. The second-order valence-corrected chi connectivity index (χ2v) is 7.66. The van der Waals surface area contributed by atoms with Crippen LogP contribution in [-0.4, -0.2) is 50.7 Å². The van der Waals surface area contributed by atoms with E-state index in [9.17, 15) is 13.2 Å². The minimum absolute atomic E-state index is 0.201. The van der Waals surface area contributed by atoms with Crippen LogP contribution in [-0.2, 0) is 14.6 Å². The fourth-order valence-electron chi connectivity index (χ4n) is 2.37. The maximum Gasteiger partial charge on any atom is 0.150 e. The lowest BCUT2D eigenvalue weighted by molar-refractivity contribution is -0.118. The molecule has 100 valence electrons. The number of carbonyl (C=O) groups excluding carboxylic acids is 1. The second-order valence-electron chi connectivity index (χ2n) is 5.35. The van der Waals surface area contributed by atoms with E-state index in [-0.39, 0.29) is 11.8 Å². The number of ketones is 1. The van der Waals surface area contributed by atoms with Gasteiger partial charge in [0.2, 0.25) is 0 Å². The summed E-state index contributed by atoms with van der Waals surface area (Å²) >= 11 is 0. The van der Waals surface area contributed by atoms with E-state index in [0.717, 1.165) is 19.3 Å². The number of hydrogen-bond acceptors (Lipinski definition) is 4. The van der Waals surface area contributed by atoms with E-state index in [2.05, 4.69) is 4.90 Å². The number of nitrogens with zero attached hydrogens (tertiary/aromatic N) is 1. The van der Waals surface area contributed by atoms with Crippen LogP contribution in [0.2, 0.25) is 0 Å². The molecule has 0 aromatic rings. The zero-order chi connectivity index (χ0) is 13.1. The van der Waals surface area contributed by atoms with Crippen LogP contribution in [0.5, 0.6) is 0 Å². The van der Waals surface area contributed by atoms with Crippen molar-refractivity contribution in [1.82, 2.24) is 4.90 Å². The molecular weight excluding hydrogens is 238 g/mol. The molecule has 0 spiro atoms. The van der Waals surface area contributed by atoms with Gasteiger partial charge < -0.3 is 4.90 Å². The van der Waals surface area contributed by atoms with Gasteiger partial charge in [0.1, 0.15) is 15.6 Å². The maximum atomic E-state index is 11.3. The smallest absolute Gasteiger partial charge is 0.150 e. The molecule has 1 unspecified atom stereocenters. The number of rotatable bonds is 5. The summed E-state index contributed by atoms with van der Waals surface area (Å²) in [6.45, 7) is 1.61. The van der Waals surface area contributed by atoms with Gasteiger partial charge in [-0.15, -0.1) is 0 Å². The molecule has 1 atom stereocenters. The monoisotopic (exact) mass is 261 g/mol. The quantitative estimate of drug-likeness (QED) is 0.744. The lowest BCUT2D eigenvalue weighted by atomic mass is 9.91. The van der Waals surface area contributed by atoms with E-state index >= 15 is 0 Å². The van der Waals surface area contributed by atoms with Gasteiger partial charge in [0.05, 0.1) is 11.5 Å². The summed E-state index contributed by atoms with van der Waals surface area (Å²) in [5.41, 5.74) is 0. The van der Waals surface area contributed by atoms with Gasteiger partial charge in [0.25, 0.3) is 0 Å². The van der Waals surface area contributed by atoms with Gasteiger partial charge in [-0.3, -0.25) is 4.79 Å². The van der Waals surface area contributed by atoms with Crippen molar-refractivity contribution < 1.29 is 13.2 Å². The highest BCUT2D eigenvalue weighted by atomic mass is 32.2. The summed E-state index contributed by atoms with van der Waals surface area (Å²) in [5.74, 6) is 1.29. The van der Waals surface area contributed by atoms with Gasteiger partial charge in [-0.2, -0.15) is 0 Å². The van der Waals surface area contributed by atoms with E-state index in [4.69, 9.17) is 0 Å². The Morgan fingerprint density at radius 1 is 1.29 bits per heavy atom. The van der Waals surface area contributed by atoms with Gasteiger partial charge >= 0.3 is 0 Å². The van der Waals surface area contributed by atoms with Crippen LogP contribution in [0.1, 0.15) is 32.6 Å². The molecule has 0 amide bonds. The van der Waals surface area contributed by atoms with Crippen molar-refractivity contribution in [3.8, 4) is 0 Å². The fraction of sp³-hybridized carbons (Fsp3) is 0.917. The van der Waals surface area contributed by atoms with Crippen LogP contribution in [0.3, 0.4) is 0 Å². The number of hydrogen-bond donors (Lipinski definition) is 0. The summed E-state index contributed by atoms with van der Waals surface area (Å²) in [6.07, 6.45) is 3.01. The second kappa shape index (κ2) is 5.96. The van der Waals surface area contributed by atoms with Crippen molar-refractivity contribution in [2.75, 3.05) is 25.6 Å². The van der Waals surface area contributed by atoms with Crippen molar-refractivity contribution in [3.05, 3.63) is 0 Å². The molecule has 17 heavy (non-hydrogen) atoms. The van der Waals surface area contributed by atoms with Crippen LogP contribution < -0.4 is 0 Å². The first-order chi connectivity index (χ1) is 7.80. The Hall–Kier alpha value is -0.420. The van der Waals surface area contributed by atoms with E-state index < -0.39 is 9.84 Å². The summed E-state index contributed by atoms with van der Waals surface area (Å²) in [6, 6.07) is 0.248. The molecule has 1 heterocycles. The van der Waals surface area contributed by atoms with Crippen molar-refractivity contribution >= 4 is 15.6 Å². The van der Waals surface area contributed by atoms with E-state index in [1.165, 1.54) is 0 Å². The molecule has 5 heteroatoms. The van der Waals surface area contributed by atoms with E-state index in [1.807, 2.05) is 14.1 Å². The van der Waals surface area contributed by atoms with E-state index in [0.29, 0.717) is 23.8 Å². The third kappa shape index (κ3) is 5.17. The van der Waals surface area contributed by atoms with Gasteiger partial charge in [0.15, 0.2) is 0 Å². The first kappa shape index (κ1) is 14.6. The highest BCUT2D eigenvalue weighted by molar-refractivity contribution is 7.91. The molecule has 1 rings (SSSR count). The average Bonchev–Trinajstić information content (AvgIpc) is 2.19. The van der Waals surface area contributed by atoms with Crippen LogP contribution in [0, 0.1) is 5.92 Å². The van der Waals surface area contributed by atoms with Crippen LogP contribution >= 0.6 is 0 Å². The summed E-state index contributed by atoms with van der Waals surface area (Å²) < 4.78 is 22.7. The molecule has 1 saturated heterocycles. The molecule has 0 aliphatic carbocycles. The van der Waals surface area contributed by atoms with Crippen molar-refractivity contribution in [3.63, 3.8) is 0 Å². The number of Topliss-reactive ketones (excluding diaryl/α,β-unsaturated/α-hetero) is 1. The Bertz CT molecular complexity index is 348. The molecule has 0 aromatic carbocycles. The molecule has 1 aliphatic rings. The zero-order valence-electron chi connectivity index (χ0n) is 11.0. The third-order valence-electron chi connectivity index (χ3n) is 3.53. The van der Waals surface area contributed by atoms with Crippen LogP contribution in [0.4, 0.5) is 0 Å². The molecule has 0 bridgehead atoms. The van der Waals surface area contributed by atoms with Gasteiger partial charge in [-0.1, -0.05) is 0 Å². The highest BCUT2D eigenvalue weighted by Gasteiger charge is 2.26. The summed E-state index contributed by atoms with van der Waals surface area (Å²) in [5, 5.41) is 0. The predicted octanol–water partition coefficient (Wildman–Crippen LogP) is 1.11. The number of sulfone groups is 1. The maximum absolute atomic E-state index is 11.3. The first-order valence-electron chi connectivity index (χ1n) is 6.16. The standard InChI is InChI=1S/C12H23NO3S/c1-10(14)8-12(13(2)3)9-11-4-6-17(15,16)7-5-11/h11-12H,4-9H2,1-3H3.